The van der Waals surface area contributed by atoms with Crippen molar-refractivity contribution in [2.75, 3.05) is 12.8 Å². The monoisotopic (exact) mass is 271 g/mol. The van der Waals surface area contributed by atoms with E-state index >= 15 is 0 Å². The van der Waals surface area contributed by atoms with Crippen LogP contribution in [0.2, 0.25) is 0 Å². The fraction of sp³-hybridized carbons (Fsp3) is 0.750. The van der Waals surface area contributed by atoms with Gasteiger partial charge in [0.05, 0.1) is 11.6 Å². The smallest absolute Gasteiger partial charge is 0.150 e. The van der Waals surface area contributed by atoms with Crippen LogP contribution < -0.4 is 5.32 Å². The molecule has 102 valence electrons. The molecule has 0 radical (unpaired) electrons. The first kappa shape index (κ1) is 13.5. The fourth-order valence-electron chi connectivity index (χ4n) is 2.54. The van der Waals surface area contributed by atoms with Crippen LogP contribution in [-0.2, 0) is 16.4 Å². The molecule has 1 aromatic rings. The maximum absolute atomic E-state index is 11.6. The molecule has 0 aliphatic heterocycles. The summed E-state index contributed by atoms with van der Waals surface area (Å²) in [5.74, 6) is 0. The average molecular weight is 271 g/mol. The molecule has 2 atom stereocenters. The van der Waals surface area contributed by atoms with Crippen LogP contribution in [0.25, 0.3) is 0 Å². The molecular formula is C12H21N3O2S. The van der Waals surface area contributed by atoms with E-state index < -0.39 is 9.84 Å². The van der Waals surface area contributed by atoms with E-state index in [1.807, 2.05) is 10.8 Å². The number of hydrogen-bond donors (Lipinski definition) is 1. The molecule has 0 amide bonds. The molecule has 0 bridgehead atoms. The van der Waals surface area contributed by atoms with Gasteiger partial charge >= 0.3 is 0 Å². The zero-order chi connectivity index (χ0) is 13.0. The fourth-order valence-corrected chi connectivity index (χ4v) is 3.71. The Labute approximate surface area is 109 Å². The SMILES string of the molecule is CS(=O)(=O)C1CCCC(NCCn2ccnc2)C1. The molecule has 1 heterocycles. The van der Waals surface area contributed by atoms with Gasteiger partial charge in [0.25, 0.3) is 0 Å². The lowest BCUT2D eigenvalue weighted by molar-refractivity contribution is 0.367. The Balaban J connectivity index is 1.76. The summed E-state index contributed by atoms with van der Waals surface area (Å²) in [6, 6.07) is 0.335. The van der Waals surface area contributed by atoms with Crippen molar-refractivity contribution in [3.63, 3.8) is 0 Å². The van der Waals surface area contributed by atoms with Gasteiger partial charge in [-0.2, -0.15) is 0 Å². The maximum atomic E-state index is 11.6. The van der Waals surface area contributed by atoms with Gasteiger partial charge in [-0.1, -0.05) is 6.42 Å². The summed E-state index contributed by atoms with van der Waals surface area (Å²) in [7, 11) is -2.88. The number of imidazole rings is 1. The number of hydrogen-bond acceptors (Lipinski definition) is 4. The van der Waals surface area contributed by atoms with Crippen molar-refractivity contribution in [3.8, 4) is 0 Å². The zero-order valence-electron chi connectivity index (χ0n) is 10.7. The molecule has 1 aromatic heterocycles. The second-order valence-corrected chi connectivity index (χ2v) is 7.40. The Morgan fingerprint density at radius 1 is 1.44 bits per heavy atom. The summed E-state index contributed by atoms with van der Waals surface area (Å²) < 4.78 is 25.1. The molecule has 1 N–H and O–H groups in total. The van der Waals surface area contributed by atoms with Gasteiger partial charge in [0.2, 0.25) is 0 Å². The summed E-state index contributed by atoms with van der Waals surface area (Å²) in [4.78, 5) is 3.99. The molecule has 5 nitrogen and oxygen atoms in total. The lowest BCUT2D eigenvalue weighted by Gasteiger charge is -2.28. The van der Waals surface area contributed by atoms with E-state index in [0.717, 1.165) is 38.8 Å². The standard InChI is InChI=1S/C12H21N3O2S/c1-18(16,17)12-4-2-3-11(9-12)14-6-8-15-7-5-13-10-15/h5,7,10-12,14H,2-4,6,8-9H2,1H3. The molecule has 1 fully saturated rings. The van der Waals surface area contributed by atoms with Gasteiger partial charge in [-0.25, -0.2) is 13.4 Å². The lowest BCUT2D eigenvalue weighted by atomic mass is 9.95. The Kier molecular flexibility index (Phi) is 4.40. The van der Waals surface area contributed by atoms with Gasteiger partial charge in [-0.3, -0.25) is 0 Å². The van der Waals surface area contributed by atoms with Crippen LogP contribution in [0.5, 0.6) is 0 Å². The largest absolute Gasteiger partial charge is 0.336 e. The molecule has 6 heteroatoms. The predicted octanol–water partition coefficient (Wildman–Crippen LogP) is 0.828. The van der Waals surface area contributed by atoms with Crippen molar-refractivity contribution in [1.29, 1.82) is 0 Å². The molecule has 2 rings (SSSR count). The summed E-state index contributed by atoms with van der Waals surface area (Å²) in [6.45, 7) is 1.73. The average Bonchev–Trinajstić information content (AvgIpc) is 2.81. The van der Waals surface area contributed by atoms with Gasteiger partial charge in [0.15, 0.2) is 0 Å². The van der Waals surface area contributed by atoms with E-state index in [2.05, 4.69) is 10.3 Å². The van der Waals surface area contributed by atoms with Crippen molar-refractivity contribution >= 4 is 9.84 Å². The summed E-state index contributed by atoms with van der Waals surface area (Å²) in [5, 5.41) is 3.29. The molecular weight excluding hydrogens is 250 g/mol. The first-order valence-electron chi connectivity index (χ1n) is 6.43. The van der Waals surface area contributed by atoms with Crippen LogP contribution in [0.1, 0.15) is 25.7 Å². The second kappa shape index (κ2) is 5.84. The maximum Gasteiger partial charge on any atom is 0.150 e. The van der Waals surface area contributed by atoms with Crippen molar-refractivity contribution in [2.45, 2.75) is 43.5 Å². The summed E-state index contributed by atoms with van der Waals surface area (Å²) >= 11 is 0. The second-order valence-electron chi connectivity index (χ2n) is 5.07. The lowest BCUT2D eigenvalue weighted by Crippen LogP contribution is -2.39. The highest BCUT2D eigenvalue weighted by Crippen LogP contribution is 2.23. The molecule has 2 unspecified atom stereocenters. The van der Waals surface area contributed by atoms with Crippen LogP contribution >= 0.6 is 0 Å². The predicted molar refractivity (Wildman–Crippen MR) is 71.1 cm³/mol. The van der Waals surface area contributed by atoms with Gasteiger partial charge in [0, 0.05) is 37.8 Å². The first-order valence-corrected chi connectivity index (χ1v) is 8.39. The molecule has 0 aromatic carbocycles. The highest BCUT2D eigenvalue weighted by atomic mass is 32.2. The number of sulfone groups is 1. The minimum Gasteiger partial charge on any atom is -0.336 e. The molecule has 1 aliphatic carbocycles. The molecule has 1 saturated carbocycles. The van der Waals surface area contributed by atoms with Gasteiger partial charge in [-0.15, -0.1) is 0 Å². The van der Waals surface area contributed by atoms with E-state index in [9.17, 15) is 8.42 Å². The van der Waals surface area contributed by atoms with Gasteiger partial charge < -0.3 is 9.88 Å². The zero-order valence-corrected chi connectivity index (χ0v) is 11.6. The van der Waals surface area contributed by atoms with E-state index in [0.29, 0.717) is 6.04 Å². The molecule has 0 spiro atoms. The first-order chi connectivity index (χ1) is 8.55. The Morgan fingerprint density at radius 3 is 2.94 bits per heavy atom. The van der Waals surface area contributed by atoms with Crippen molar-refractivity contribution in [1.82, 2.24) is 14.9 Å². The van der Waals surface area contributed by atoms with Gasteiger partial charge in [-0.05, 0) is 19.3 Å². The molecule has 1 aliphatic rings. The topological polar surface area (TPSA) is 64.0 Å². The van der Waals surface area contributed by atoms with Crippen LogP contribution in [0.15, 0.2) is 18.7 Å². The highest BCUT2D eigenvalue weighted by molar-refractivity contribution is 7.91. The normalized spacial score (nSPS) is 25.2. The third kappa shape index (κ3) is 3.81. The van der Waals surface area contributed by atoms with E-state index in [1.165, 1.54) is 6.26 Å². The van der Waals surface area contributed by atoms with Crippen LogP contribution in [0, 0.1) is 0 Å². The molecule has 18 heavy (non-hydrogen) atoms. The minimum atomic E-state index is -2.88. The summed E-state index contributed by atoms with van der Waals surface area (Å²) in [6.07, 6.45) is 10.5. The number of aromatic nitrogens is 2. The van der Waals surface area contributed by atoms with Gasteiger partial charge in [0.1, 0.15) is 9.84 Å². The van der Waals surface area contributed by atoms with Crippen molar-refractivity contribution in [2.24, 2.45) is 0 Å². The number of nitrogens with zero attached hydrogens (tertiary/aromatic N) is 2. The van der Waals surface area contributed by atoms with E-state index in [4.69, 9.17) is 0 Å². The minimum absolute atomic E-state index is 0.156. The van der Waals surface area contributed by atoms with Crippen LogP contribution in [0.3, 0.4) is 0 Å². The Hall–Kier alpha value is -0.880. The summed E-state index contributed by atoms with van der Waals surface area (Å²) in [5.41, 5.74) is 0. The number of rotatable bonds is 5. The van der Waals surface area contributed by atoms with Crippen LogP contribution in [0.4, 0.5) is 0 Å². The van der Waals surface area contributed by atoms with Crippen LogP contribution in [-0.4, -0.2) is 42.1 Å². The highest BCUT2D eigenvalue weighted by Gasteiger charge is 2.28. The quantitative estimate of drug-likeness (QED) is 0.861. The van der Waals surface area contributed by atoms with Crippen molar-refractivity contribution < 1.29 is 8.42 Å². The Bertz CT molecular complexity index is 456. The molecule has 0 saturated heterocycles. The number of nitrogens with one attached hydrogen (secondary N) is 1. The Morgan fingerprint density at radius 2 is 2.28 bits per heavy atom. The van der Waals surface area contributed by atoms with E-state index in [1.54, 1.807) is 12.5 Å². The third-order valence-corrected chi connectivity index (χ3v) is 5.23. The van der Waals surface area contributed by atoms with Crippen molar-refractivity contribution in [3.05, 3.63) is 18.7 Å². The third-order valence-electron chi connectivity index (χ3n) is 3.59. The van der Waals surface area contributed by atoms with E-state index in [-0.39, 0.29) is 5.25 Å².